The summed E-state index contributed by atoms with van der Waals surface area (Å²) >= 11 is 0. The molecule has 0 unspecified atom stereocenters. The summed E-state index contributed by atoms with van der Waals surface area (Å²) in [5, 5.41) is 0. The minimum Gasteiger partial charge on any atom is -0.359 e. The van der Waals surface area contributed by atoms with Gasteiger partial charge in [-0.25, -0.2) is 12.8 Å². The normalized spacial score (nSPS) is 11.6. The third-order valence-electron chi connectivity index (χ3n) is 1.95. The quantitative estimate of drug-likeness (QED) is 0.842. The number of aromatic amines is 1. The molecule has 4 nitrogen and oxygen atoms in total. The molecule has 0 saturated heterocycles. The minimum atomic E-state index is -3.81. The fourth-order valence-electron chi connectivity index (χ4n) is 1.24. The lowest BCUT2D eigenvalue weighted by atomic mass is 10.2. The first kappa shape index (κ1) is 11.1. The summed E-state index contributed by atoms with van der Waals surface area (Å²) in [6.45, 7) is 0. The highest BCUT2D eigenvalue weighted by molar-refractivity contribution is 8.13. The molecule has 0 aliphatic heterocycles. The van der Waals surface area contributed by atoms with Gasteiger partial charge in [-0.1, -0.05) is 0 Å². The van der Waals surface area contributed by atoms with Crippen LogP contribution in [-0.2, 0) is 9.05 Å². The monoisotopic (exact) mass is 260 g/mol. The molecule has 2 aromatic rings. The Morgan fingerprint density at radius 2 is 2.19 bits per heavy atom. The van der Waals surface area contributed by atoms with Crippen LogP contribution >= 0.6 is 10.7 Å². The Hall–Kier alpha value is -1.40. The molecule has 1 N–H and O–H groups in total. The van der Waals surface area contributed by atoms with Crippen molar-refractivity contribution in [2.75, 3.05) is 0 Å². The predicted molar refractivity (Wildman–Crippen MR) is 57.0 cm³/mol. The van der Waals surface area contributed by atoms with E-state index in [0.29, 0.717) is 0 Å². The van der Waals surface area contributed by atoms with Crippen LogP contribution in [0.15, 0.2) is 35.5 Å². The predicted octanol–water partition coefficient (Wildman–Crippen LogP) is 2.14. The number of hydrogen-bond acceptors (Lipinski definition) is 3. The van der Waals surface area contributed by atoms with E-state index in [-0.39, 0.29) is 16.3 Å². The average Bonchev–Trinajstić information content (AvgIpc) is 2.66. The highest BCUT2D eigenvalue weighted by Gasteiger charge is 2.15. The Morgan fingerprint density at radius 3 is 2.75 bits per heavy atom. The number of rotatable bonds is 2. The van der Waals surface area contributed by atoms with Gasteiger partial charge in [-0.15, -0.1) is 0 Å². The summed E-state index contributed by atoms with van der Waals surface area (Å²) in [5.41, 5.74) is 0.311. The Morgan fingerprint density at radius 1 is 1.44 bits per heavy atom. The van der Waals surface area contributed by atoms with Crippen molar-refractivity contribution in [1.29, 1.82) is 0 Å². The summed E-state index contributed by atoms with van der Waals surface area (Å²) in [6, 6.07) is 3.91. The summed E-state index contributed by atoms with van der Waals surface area (Å²) < 4.78 is 35.3. The van der Waals surface area contributed by atoms with Gasteiger partial charge in [-0.05, 0) is 18.2 Å². The molecular weight excluding hydrogens is 255 g/mol. The van der Waals surface area contributed by atoms with Crippen molar-refractivity contribution in [1.82, 2.24) is 9.97 Å². The SMILES string of the molecule is O=S(=O)(Cl)c1c[nH]c(-c2ncccc2F)c1. The molecule has 0 amide bonds. The molecule has 16 heavy (non-hydrogen) atoms. The molecule has 0 spiro atoms. The number of nitrogens with one attached hydrogen (secondary N) is 1. The molecule has 0 aliphatic carbocycles. The summed E-state index contributed by atoms with van der Waals surface area (Å²) in [7, 11) is 1.33. The fraction of sp³-hybridized carbons (Fsp3) is 0. The van der Waals surface area contributed by atoms with Gasteiger partial charge in [0.1, 0.15) is 10.6 Å². The second-order valence-corrected chi connectivity index (χ2v) is 5.59. The van der Waals surface area contributed by atoms with Crippen molar-refractivity contribution in [3.8, 4) is 11.4 Å². The molecule has 0 bridgehead atoms. The van der Waals surface area contributed by atoms with Gasteiger partial charge in [0.25, 0.3) is 9.05 Å². The Labute approximate surface area is 95.5 Å². The van der Waals surface area contributed by atoms with Crippen molar-refractivity contribution in [2.45, 2.75) is 4.90 Å². The van der Waals surface area contributed by atoms with Crippen LogP contribution in [0.4, 0.5) is 4.39 Å². The van der Waals surface area contributed by atoms with Crippen LogP contribution in [0.3, 0.4) is 0 Å². The summed E-state index contributed by atoms with van der Waals surface area (Å²) in [6.07, 6.45) is 2.60. The van der Waals surface area contributed by atoms with Gasteiger partial charge in [0.15, 0.2) is 5.82 Å². The Kier molecular flexibility index (Phi) is 2.69. The molecule has 2 rings (SSSR count). The lowest BCUT2D eigenvalue weighted by Gasteiger charge is -1.97. The van der Waals surface area contributed by atoms with Crippen molar-refractivity contribution in [3.63, 3.8) is 0 Å². The maximum atomic E-state index is 13.3. The smallest absolute Gasteiger partial charge is 0.262 e. The van der Waals surface area contributed by atoms with E-state index in [2.05, 4.69) is 9.97 Å². The fourth-order valence-corrected chi connectivity index (χ4v) is 1.96. The maximum Gasteiger partial charge on any atom is 0.262 e. The lowest BCUT2D eigenvalue weighted by molar-refractivity contribution is 0.609. The number of halogens is 2. The zero-order valence-electron chi connectivity index (χ0n) is 7.81. The van der Waals surface area contributed by atoms with Crippen LogP contribution in [0, 0.1) is 5.82 Å². The van der Waals surface area contributed by atoms with Gasteiger partial charge < -0.3 is 4.98 Å². The van der Waals surface area contributed by atoms with Crippen LogP contribution in [0.1, 0.15) is 0 Å². The molecule has 2 heterocycles. The largest absolute Gasteiger partial charge is 0.359 e. The van der Waals surface area contributed by atoms with Gasteiger partial charge in [0.2, 0.25) is 0 Å². The summed E-state index contributed by atoms with van der Waals surface area (Å²) in [4.78, 5) is 6.29. The first-order valence-electron chi connectivity index (χ1n) is 4.22. The molecule has 84 valence electrons. The standard InChI is InChI=1S/C9H6ClFN2O2S/c10-16(14,15)6-4-8(13-5-6)9-7(11)2-1-3-12-9/h1-5,13H. The number of pyridine rings is 1. The lowest BCUT2D eigenvalue weighted by Crippen LogP contribution is -1.88. The van der Waals surface area contributed by atoms with Crippen LogP contribution in [0.2, 0.25) is 0 Å². The number of nitrogens with zero attached hydrogens (tertiary/aromatic N) is 1. The van der Waals surface area contributed by atoms with Gasteiger partial charge in [-0.2, -0.15) is 0 Å². The van der Waals surface area contributed by atoms with Gasteiger partial charge in [0, 0.05) is 23.1 Å². The minimum absolute atomic E-state index is 0.0501. The third kappa shape index (κ3) is 2.07. The van der Waals surface area contributed by atoms with Crippen molar-refractivity contribution in [3.05, 3.63) is 36.4 Å². The second kappa shape index (κ2) is 3.88. The molecule has 0 fully saturated rings. The molecule has 0 aromatic carbocycles. The van der Waals surface area contributed by atoms with Crippen LogP contribution in [0.25, 0.3) is 11.4 Å². The van der Waals surface area contributed by atoms with E-state index in [1.165, 1.54) is 30.6 Å². The van der Waals surface area contributed by atoms with Crippen LogP contribution in [-0.4, -0.2) is 18.4 Å². The van der Waals surface area contributed by atoms with E-state index >= 15 is 0 Å². The number of H-pyrrole nitrogens is 1. The van der Waals surface area contributed by atoms with E-state index in [0.717, 1.165) is 0 Å². The average molecular weight is 261 g/mol. The van der Waals surface area contributed by atoms with E-state index in [1.807, 2.05) is 0 Å². The molecular formula is C9H6ClFN2O2S. The third-order valence-corrected chi connectivity index (χ3v) is 3.28. The molecule has 7 heteroatoms. The second-order valence-electron chi connectivity index (χ2n) is 3.02. The van der Waals surface area contributed by atoms with Crippen molar-refractivity contribution < 1.29 is 12.8 Å². The van der Waals surface area contributed by atoms with Gasteiger partial charge >= 0.3 is 0 Å². The highest BCUT2D eigenvalue weighted by Crippen LogP contribution is 2.23. The maximum absolute atomic E-state index is 13.3. The van der Waals surface area contributed by atoms with E-state index in [4.69, 9.17) is 10.7 Å². The zero-order chi connectivity index (χ0) is 11.8. The Bertz CT molecular complexity index is 624. The summed E-state index contributed by atoms with van der Waals surface area (Å²) in [5.74, 6) is -0.539. The van der Waals surface area contributed by atoms with Gasteiger partial charge in [-0.3, -0.25) is 4.98 Å². The molecule has 0 aliphatic rings. The first-order chi connectivity index (χ1) is 7.48. The zero-order valence-corrected chi connectivity index (χ0v) is 9.39. The topological polar surface area (TPSA) is 62.8 Å². The highest BCUT2D eigenvalue weighted by atomic mass is 35.7. The van der Waals surface area contributed by atoms with Crippen molar-refractivity contribution in [2.24, 2.45) is 0 Å². The first-order valence-corrected chi connectivity index (χ1v) is 6.53. The molecule has 0 saturated carbocycles. The molecule has 0 radical (unpaired) electrons. The number of hydrogen-bond donors (Lipinski definition) is 1. The number of aromatic nitrogens is 2. The van der Waals surface area contributed by atoms with E-state index < -0.39 is 14.9 Å². The van der Waals surface area contributed by atoms with Crippen molar-refractivity contribution >= 4 is 19.7 Å². The van der Waals surface area contributed by atoms with E-state index in [1.54, 1.807) is 0 Å². The van der Waals surface area contributed by atoms with Gasteiger partial charge in [0.05, 0.1) is 5.69 Å². The molecule has 0 atom stereocenters. The van der Waals surface area contributed by atoms with E-state index in [9.17, 15) is 12.8 Å². The van der Waals surface area contributed by atoms with Crippen LogP contribution < -0.4 is 0 Å². The van der Waals surface area contributed by atoms with Crippen LogP contribution in [0.5, 0.6) is 0 Å². The molecule has 2 aromatic heterocycles. The Balaban J connectivity index is 2.52.